The average molecular weight is 255 g/mol. The van der Waals surface area contributed by atoms with Crippen molar-refractivity contribution in [2.24, 2.45) is 0 Å². The van der Waals surface area contributed by atoms with Crippen molar-refractivity contribution in [3.63, 3.8) is 0 Å². The number of ether oxygens (including phenoxy) is 1. The molecule has 1 N–H and O–H groups in total. The Morgan fingerprint density at radius 1 is 1.44 bits per heavy atom. The van der Waals surface area contributed by atoms with Crippen LogP contribution in [0, 0.1) is 0 Å². The van der Waals surface area contributed by atoms with Crippen molar-refractivity contribution in [3.8, 4) is 0 Å². The Kier molecular flexibility index (Phi) is 6.35. The van der Waals surface area contributed by atoms with Crippen molar-refractivity contribution in [2.45, 2.75) is 46.1 Å². The van der Waals surface area contributed by atoms with Crippen LogP contribution in [-0.4, -0.2) is 39.3 Å². The summed E-state index contributed by atoms with van der Waals surface area (Å²) in [5.74, 6) is -0.867. The molecule has 0 aliphatic carbocycles. The molecular formula is C12H21N3O3. The molecule has 1 heterocycles. The van der Waals surface area contributed by atoms with E-state index in [1.54, 1.807) is 4.68 Å². The van der Waals surface area contributed by atoms with E-state index in [0.717, 1.165) is 31.5 Å². The van der Waals surface area contributed by atoms with Crippen molar-refractivity contribution in [1.29, 1.82) is 0 Å². The van der Waals surface area contributed by atoms with E-state index in [1.807, 2.05) is 6.92 Å². The van der Waals surface area contributed by atoms with Crippen LogP contribution in [0.1, 0.15) is 38.1 Å². The summed E-state index contributed by atoms with van der Waals surface area (Å²) in [6.45, 7) is 6.15. The molecule has 0 unspecified atom stereocenters. The molecule has 0 saturated heterocycles. The molecule has 18 heavy (non-hydrogen) atoms. The summed E-state index contributed by atoms with van der Waals surface area (Å²) in [5, 5.41) is 16.8. The zero-order valence-corrected chi connectivity index (χ0v) is 11.1. The summed E-state index contributed by atoms with van der Waals surface area (Å²) in [6, 6.07) is 0. The summed E-state index contributed by atoms with van der Waals surface area (Å²) in [5.41, 5.74) is 1.53. The number of hydrogen-bond donors (Lipinski definition) is 1. The van der Waals surface area contributed by atoms with Gasteiger partial charge in [-0.1, -0.05) is 18.6 Å². The maximum absolute atomic E-state index is 10.7. The molecule has 1 aromatic rings. The second-order valence-electron chi connectivity index (χ2n) is 4.08. The van der Waals surface area contributed by atoms with Gasteiger partial charge in [-0.15, -0.1) is 5.10 Å². The van der Waals surface area contributed by atoms with Gasteiger partial charge in [0.15, 0.2) is 0 Å². The highest BCUT2D eigenvalue weighted by atomic mass is 16.5. The number of aromatic nitrogens is 3. The molecule has 0 aliphatic heterocycles. The van der Waals surface area contributed by atoms with Gasteiger partial charge in [0.2, 0.25) is 0 Å². The van der Waals surface area contributed by atoms with E-state index in [0.29, 0.717) is 18.9 Å². The van der Waals surface area contributed by atoms with E-state index in [1.165, 1.54) is 0 Å². The van der Waals surface area contributed by atoms with Gasteiger partial charge in [-0.2, -0.15) is 0 Å². The van der Waals surface area contributed by atoms with Crippen LogP contribution in [0.3, 0.4) is 0 Å². The van der Waals surface area contributed by atoms with Crippen LogP contribution < -0.4 is 0 Å². The Morgan fingerprint density at radius 3 is 2.83 bits per heavy atom. The van der Waals surface area contributed by atoms with Crippen LogP contribution in [0.4, 0.5) is 0 Å². The third-order valence-corrected chi connectivity index (χ3v) is 2.59. The molecule has 0 aliphatic rings. The van der Waals surface area contributed by atoms with Gasteiger partial charge in [0, 0.05) is 19.8 Å². The molecule has 1 rings (SSSR count). The van der Waals surface area contributed by atoms with Gasteiger partial charge in [-0.25, -0.2) is 4.68 Å². The number of carbonyl (C=O) groups is 1. The molecule has 0 bridgehead atoms. The molecule has 0 aromatic carbocycles. The SMILES string of the molecule is CCCc1c(CC(=O)O)nnn1CCCOCC. The smallest absolute Gasteiger partial charge is 0.309 e. The number of rotatable bonds is 9. The molecule has 6 nitrogen and oxygen atoms in total. The van der Waals surface area contributed by atoms with E-state index in [-0.39, 0.29) is 6.42 Å². The zero-order chi connectivity index (χ0) is 13.4. The predicted octanol–water partition coefficient (Wildman–Crippen LogP) is 1.28. The molecule has 0 radical (unpaired) electrons. The van der Waals surface area contributed by atoms with Gasteiger partial charge >= 0.3 is 5.97 Å². The second kappa shape index (κ2) is 7.81. The molecule has 0 saturated carbocycles. The van der Waals surface area contributed by atoms with E-state index in [4.69, 9.17) is 9.84 Å². The minimum Gasteiger partial charge on any atom is -0.481 e. The minimum absolute atomic E-state index is 0.0548. The monoisotopic (exact) mass is 255 g/mol. The third-order valence-electron chi connectivity index (χ3n) is 2.59. The lowest BCUT2D eigenvalue weighted by molar-refractivity contribution is -0.136. The lowest BCUT2D eigenvalue weighted by Gasteiger charge is -2.06. The van der Waals surface area contributed by atoms with Gasteiger partial charge in [0.1, 0.15) is 0 Å². The summed E-state index contributed by atoms with van der Waals surface area (Å²) in [4.78, 5) is 10.7. The highest BCUT2D eigenvalue weighted by Crippen LogP contribution is 2.10. The Morgan fingerprint density at radius 2 is 2.22 bits per heavy atom. The summed E-state index contributed by atoms with van der Waals surface area (Å²) >= 11 is 0. The quantitative estimate of drug-likeness (QED) is 0.673. The third kappa shape index (κ3) is 4.44. The number of aryl methyl sites for hydroxylation is 1. The van der Waals surface area contributed by atoms with Crippen molar-refractivity contribution in [2.75, 3.05) is 13.2 Å². The number of nitrogens with zero attached hydrogens (tertiary/aromatic N) is 3. The Bertz CT molecular complexity index is 377. The highest BCUT2D eigenvalue weighted by molar-refractivity contribution is 5.69. The maximum Gasteiger partial charge on any atom is 0.309 e. The van der Waals surface area contributed by atoms with Crippen LogP contribution >= 0.6 is 0 Å². The lowest BCUT2D eigenvalue weighted by atomic mass is 10.1. The van der Waals surface area contributed by atoms with Crippen molar-refractivity contribution >= 4 is 5.97 Å². The normalized spacial score (nSPS) is 10.8. The van der Waals surface area contributed by atoms with Gasteiger partial charge in [0.25, 0.3) is 0 Å². The molecule has 0 fully saturated rings. The first-order chi connectivity index (χ1) is 8.69. The number of aliphatic carboxylic acids is 1. The summed E-state index contributed by atoms with van der Waals surface area (Å²) in [7, 11) is 0. The van der Waals surface area contributed by atoms with Gasteiger partial charge in [-0.05, 0) is 19.8 Å². The first-order valence-electron chi connectivity index (χ1n) is 6.39. The molecule has 1 aromatic heterocycles. The lowest BCUT2D eigenvalue weighted by Crippen LogP contribution is -2.10. The largest absolute Gasteiger partial charge is 0.481 e. The zero-order valence-electron chi connectivity index (χ0n) is 11.1. The molecule has 0 spiro atoms. The summed E-state index contributed by atoms with van der Waals surface area (Å²) in [6.07, 6.45) is 2.57. The maximum atomic E-state index is 10.7. The molecule has 6 heteroatoms. The molecule has 0 amide bonds. The van der Waals surface area contributed by atoms with Gasteiger partial charge < -0.3 is 9.84 Å². The van der Waals surface area contributed by atoms with Crippen molar-refractivity contribution in [3.05, 3.63) is 11.4 Å². The summed E-state index contributed by atoms with van der Waals surface area (Å²) < 4.78 is 7.08. The van der Waals surface area contributed by atoms with E-state index in [2.05, 4.69) is 17.2 Å². The van der Waals surface area contributed by atoms with Crippen LogP contribution in [0.2, 0.25) is 0 Å². The van der Waals surface area contributed by atoms with Crippen LogP contribution in [0.25, 0.3) is 0 Å². The van der Waals surface area contributed by atoms with E-state index >= 15 is 0 Å². The number of carboxylic acid groups (broad SMARTS) is 1. The van der Waals surface area contributed by atoms with Crippen LogP contribution in [0.5, 0.6) is 0 Å². The fraction of sp³-hybridized carbons (Fsp3) is 0.750. The fourth-order valence-corrected chi connectivity index (χ4v) is 1.80. The first kappa shape index (κ1) is 14.6. The Labute approximate surface area is 107 Å². The minimum atomic E-state index is -0.867. The van der Waals surface area contributed by atoms with Gasteiger partial charge in [-0.3, -0.25) is 4.79 Å². The van der Waals surface area contributed by atoms with Crippen molar-refractivity contribution < 1.29 is 14.6 Å². The first-order valence-corrected chi connectivity index (χ1v) is 6.39. The van der Waals surface area contributed by atoms with E-state index in [9.17, 15) is 4.79 Å². The number of hydrogen-bond acceptors (Lipinski definition) is 4. The Hall–Kier alpha value is -1.43. The standard InChI is InChI=1S/C12H21N3O3/c1-3-6-11-10(9-12(16)17)13-14-15(11)7-5-8-18-4-2/h3-9H2,1-2H3,(H,16,17). The van der Waals surface area contributed by atoms with E-state index < -0.39 is 5.97 Å². The second-order valence-corrected chi connectivity index (χ2v) is 4.08. The fourth-order valence-electron chi connectivity index (χ4n) is 1.80. The van der Waals surface area contributed by atoms with Gasteiger partial charge in [0.05, 0.1) is 17.8 Å². The highest BCUT2D eigenvalue weighted by Gasteiger charge is 2.14. The van der Waals surface area contributed by atoms with Crippen molar-refractivity contribution in [1.82, 2.24) is 15.0 Å². The molecular weight excluding hydrogens is 234 g/mol. The van der Waals surface area contributed by atoms with Crippen LogP contribution in [0.15, 0.2) is 0 Å². The molecule has 0 atom stereocenters. The predicted molar refractivity (Wildman–Crippen MR) is 66.5 cm³/mol. The Balaban J connectivity index is 2.65. The van der Waals surface area contributed by atoms with Crippen LogP contribution in [-0.2, 0) is 28.9 Å². The molecule has 102 valence electrons. The average Bonchev–Trinajstić information content (AvgIpc) is 2.68. The number of carboxylic acids is 1. The topological polar surface area (TPSA) is 77.2 Å².